The third-order valence-corrected chi connectivity index (χ3v) is 3.58. The number of amides is 2. The molecule has 3 N–H and O–H groups in total. The van der Waals surface area contributed by atoms with Gasteiger partial charge in [-0.1, -0.05) is 36.4 Å². The topological polar surface area (TPSA) is 78.4 Å². The molecular formula is C20H22N2O3. The average Bonchev–Trinajstić information content (AvgIpc) is 2.61. The van der Waals surface area contributed by atoms with Crippen molar-refractivity contribution in [1.29, 1.82) is 0 Å². The van der Waals surface area contributed by atoms with Crippen LogP contribution in [0.5, 0.6) is 0 Å². The molecule has 5 nitrogen and oxygen atoms in total. The highest BCUT2D eigenvalue weighted by atomic mass is 16.3. The van der Waals surface area contributed by atoms with Gasteiger partial charge in [-0.15, -0.1) is 0 Å². The van der Waals surface area contributed by atoms with Crippen molar-refractivity contribution in [3.63, 3.8) is 0 Å². The van der Waals surface area contributed by atoms with Crippen molar-refractivity contribution >= 4 is 23.6 Å². The Labute approximate surface area is 147 Å². The fraction of sp³-hybridized carbons (Fsp3) is 0.200. The molecule has 0 aromatic heterocycles. The summed E-state index contributed by atoms with van der Waals surface area (Å²) in [5.41, 5.74) is 3.58. The van der Waals surface area contributed by atoms with Gasteiger partial charge in [-0.2, -0.15) is 0 Å². The summed E-state index contributed by atoms with van der Waals surface area (Å²) in [5, 5.41) is 14.5. The Balaban J connectivity index is 1.77. The first-order valence-electron chi connectivity index (χ1n) is 8.09. The SMILES string of the molecule is CC(=O)Nc1ccc(/C=C/C(=O)NCCc2ccc(CO)cc2)cc1. The van der Waals surface area contributed by atoms with E-state index in [-0.39, 0.29) is 18.4 Å². The van der Waals surface area contributed by atoms with Gasteiger partial charge in [0.05, 0.1) is 6.61 Å². The van der Waals surface area contributed by atoms with E-state index in [1.54, 1.807) is 18.2 Å². The molecule has 0 bridgehead atoms. The van der Waals surface area contributed by atoms with E-state index in [1.807, 2.05) is 36.4 Å². The second-order valence-electron chi connectivity index (χ2n) is 5.65. The van der Waals surface area contributed by atoms with E-state index in [0.29, 0.717) is 6.54 Å². The second kappa shape index (κ2) is 9.39. The number of carbonyl (C=O) groups excluding carboxylic acids is 2. The number of rotatable bonds is 7. The quantitative estimate of drug-likeness (QED) is 0.679. The van der Waals surface area contributed by atoms with Crippen LogP contribution in [-0.2, 0) is 22.6 Å². The Kier molecular flexibility index (Phi) is 6.92. The molecule has 0 saturated heterocycles. The lowest BCUT2D eigenvalue weighted by molar-refractivity contribution is -0.116. The van der Waals surface area contributed by atoms with Gasteiger partial charge in [0, 0.05) is 25.2 Å². The van der Waals surface area contributed by atoms with Gasteiger partial charge < -0.3 is 15.7 Å². The van der Waals surface area contributed by atoms with Crippen LogP contribution in [0.4, 0.5) is 5.69 Å². The van der Waals surface area contributed by atoms with E-state index in [9.17, 15) is 9.59 Å². The Morgan fingerprint density at radius 3 is 2.24 bits per heavy atom. The average molecular weight is 338 g/mol. The molecule has 0 aliphatic carbocycles. The Bertz CT molecular complexity index is 735. The summed E-state index contributed by atoms with van der Waals surface area (Å²) in [6.07, 6.45) is 3.95. The molecule has 0 aliphatic heterocycles. The van der Waals surface area contributed by atoms with Crippen LogP contribution in [0.25, 0.3) is 6.08 Å². The summed E-state index contributed by atoms with van der Waals surface area (Å²) in [7, 11) is 0. The minimum Gasteiger partial charge on any atom is -0.392 e. The van der Waals surface area contributed by atoms with E-state index in [0.717, 1.165) is 28.8 Å². The van der Waals surface area contributed by atoms with Crippen molar-refractivity contribution in [3.8, 4) is 0 Å². The summed E-state index contributed by atoms with van der Waals surface area (Å²) in [6, 6.07) is 14.9. The Morgan fingerprint density at radius 2 is 1.64 bits per heavy atom. The first-order chi connectivity index (χ1) is 12.1. The van der Waals surface area contributed by atoms with E-state index >= 15 is 0 Å². The summed E-state index contributed by atoms with van der Waals surface area (Å²) >= 11 is 0. The maximum Gasteiger partial charge on any atom is 0.244 e. The zero-order valence-corrected chi connectivity index (χ0v) is 14.2. The van der Waals surface area contributed by atoms with Crippen LogP contribution in [0.3, 0.4) is 0 Å². The van der Waals surface area contributed by atoms with Gasteiger partial charge in [0.1, 0.15) is 0 Å². The highest BCUT2D eigenvalue weighted by Crippen LogP contribution is 2.10. The molecule has 0 fully saturated rings. The maximum atomic E-state index is 11.8. The van der Waals surface area contributed by atoms with Crippen LogP contribution < -0.4 is 10.6 Å². The fourth-order valence-corrected chi connectivity index (χ4v) is 2.25. The molecule has 0 aliphatic rings. The smallest absolute Gasteiger partial charge is 0.244 e. The highest BCUT2D eigenvalue weighted by molar-refractivity contribution is 5.92. The van der Waals surface area contributed by atoms with E-state index in [1.165, 1.54) is 13.0 Å². The molecule has 2 aromatic rings. The number of aliphatic hydroxyl groups excluding tert-OH is 1. The molecule has 2 amide bonds. The van der Waals surface area contributed by atoms with Crippen LogP contribution in [0.15, 0.2) is 54.6 Å². The third-order valence-electron chi connectivity index (χ3n) is 3.58. The third kappa shape index (κ3) is 6.61. The number of hydrogen-bond donors (Lipinski definition) is 3. The summed E-state index contributed by atoms with van der Waals surface area (Å²) in [6.45, 7) is 2.04. The lowest BCUT2D eigenvalue weighted by Crippen LogP contribution is -2.23. The zero-order chi connectivity index (χ0) is 18.1. The highest BCUT2D eigenvalue weighted by Gasteiger charge is 1.98. The minimum absolute atomic E-state index is 0.0353. The number of anilines is 1. The molecule has 130 valence electrons. The van der Waals surface area contributed by atoms with Gasteiger partial charge in [0.2, 0.25) is 11.8 Å². The molecule has 2 aromatic carbocycles. The largest absolute Gasteiger partial charge is 0.392 e. The number of aliphatic hydroxyl groups is 1. The summed E-state index contributed by atoms with van der Waals surface area (Å²) in [4.78, 5) is 22.8. The predicted octanol–water partition coefficient (Wildman–Crippen LogP) is 2.51. The predicted molar refractivity (Wildman–Crippen MR) is 98.9 cm³/mol. The molecule has 0 saturated carbocycles. The van der Waals surface area contributed by atoms with Crippen molar-refractivity contribution in [3.05, 3.63) is 71.3 Å². The molecule has 0 heterocycles. The van der Waals surface area contributed by atoms with E-state index in [2.05, 4.69) is 10.6 Å². The van der Waals surface area contributed by atoms with Crippen molar-refractivity contribution < 1.29 is 14.7 Å². The van der Waals surface area contributed by atoms with E-state index < -0.39 is 0 Å². The van der Waals surface area contributed by atoms with Gasteiger partial charge >= 0.3 is 0 Å². The summed E-state index contributed by atoms with van der Waals surface area (Å²) < 4.78 is 0. The van der Waals surface area contributed by atoms with Gasteiger partial charge in [-0.3, -0.25) is 9.59 Å². The van der Waals surface area contributed by atoms with Crippen molar-refractivity contribution in [2.75, 3.05) is 11.9 Å². The van der Waals surface area contributed by atoms with Gasteiger partial charge in [-0.05, 0) is 41.3 Å². The molecular weight excluding hydrogens is 316 g/mol. The molecule has 0 spiro atoms. The monoisotopic (exact) mass is 338 g/mol. The molecule has 25 heavy (non-hydrogen) atoms. The first-order valence-corrected chi connectivity index (χ1v) is 8.09. The van der Waals surface area contributed by atoms with Crippen molar-refractivity contribution in [1.82, 2.24) is 5.32 Å². The van der Waals surface area contributed by atoms with Gasteiger partial charge in [-0.25, -0.2) is 0 Å². The van der Waals surface area contributed by atoms with Gasteiger partial charge in [0.25, 0.3) is 0 Å². The maximum absolute atomic E-state index is 11.8. The number of nitrogens with one attached hydrogen (secondary N) is 2. The van der Waals surface area contributed by atoms with E-state index in [4.69, 9.17) is 5.11 Å². The number of hydrogen-bond acceptors (Lipinski definition) is 3. The van der Waals surface area contributed by atoms with Crippen LogP contribution >= 0.6 is 0 Å². The minimum atomic E-state index is -0.155. The van der Waals surface area contributed by atoms with Gasteiger partial charge in [0.15, 0.2) is 0 Å². The van der Waals surface area contributed by atoms with Crippen LogP contribution in [0, 0.1) is 0 Å². The normalized spacial score (nSPS) is 10.6. The molecule has 0 atom stereocenters. The Hall–Kier alpha value is -2.92. The molecule has 0 unspecified atom stereocenters. The standard InChI is InChI=1S/C20H22N2O3/c1-15(24)22-19-9-6-16(7-10-19)8-11-20(25)21-13-12-17-2-4-18(14-23)5-3-17/h2-11,23H,12-14H2,1H3,(H,21,25)(H,22,24)/b11-8+. The van der Waals surface area contributed by atoms with Crippen molar-refractivity contribution in [2.24, 2.45) is 0 Å². The zero-order valence-electron chi connectivity index (χ0n) is 14.2. The molecule has 0 radical (unpaired) electrons. The molecule has 2 rings (SSSR count). The molecule has 5 heteroatoms. The van der Waals surface area contributed by atoms with Crippen LogP contribution in [-0.4, -0.2) is 23.5 Å². The first kappa shape index (κ1) is 18.4. The lowest BCUT2D eigenvalue weighted by atomic mass is 10.1. The lowest BCUT2D eigenvalue weighted by Gasteiger charge is -2.04. The number of carbonyl (C=O) groups is 2. The summed E-state index contributed by atoms with van der Waals surface area (Å²) in [5.74, 6) is -0.272. The number of benzene rings is 2. The second-order valence-corrected chi connectivity index (χ2v) is 5.65. The van der Waals surface area contributed by atoms with Crippen molar-refractivity contribution in [2.45, 2.75) is 20.0 Å². The van der Waals surface area contributed by atoms with Crippen LogP contribution in [0.2, 0.25) is 0 Å². The Morgan fingerprint density at radius 1 is 1.00 bits per heavy atom. The fourth-order valence-electron chi connectivity index (χ4n) is 2.25. The van der Waals surface area contributed by atoms with Crippen LogP contribution in [0.1, 0.15) is 23.6 Å².